The number of aryl methyl sites for hydroxylation is 1. The molecule has 0 spiro atoms. The average molecular weight is 377 g/mol. The Kier molecular flexibility index (Phi) is 5.84. The Labute approximate surface area is 162 Å². The van der Waals surface area contributed by atoms with Gasteiger partial charge in [-0.05, 0) is 66.6 Å². The average Bonchev–Trinajstić information content (AvgIpc) is 2.67. The Morgan fingerprint density at radius 1 is 0.926 bits per heavy atom. The Balaban J connectivity index is 1.72. The first-order valence-electron chi connectivity index (χ1n) is 8.39. The Bertz CT molecular complexity index is 1000. The van der Waals surface area contributed by atoms with Crippen LogP contribution in [0.25, 0.3) is 6.08 Å². The van der Waals surface area contributed by atoms with Crippen LogP contribution in [0.4, 0.5) is 0 Å². The topological polar surface area (TPSA) is 43.4 Å². The summed E-state index contributed by atoms with van der Waals surface area (Å²) in [4.78, 5) is 24.5. The van der Waals surface area contributed by atoms with Crippen LogP contribution in [0.15, 0.2) is 78.9 Å². The predicted molar refractivity (Wildman–Crippen MR) is 107 cm³/mol. The first-order valence-corrected chi connectivity index (χ1v) is 8.76. The molecule has 0 aliphatic carbocycles. The molecule has 3 rings (SSSR count). The van der Waals surface area contributed by atoms with E-state index in [-0.39, 0.29) is 5.78 Å². The first-order chi connectivity index (χ1) is 13.0. The molecule has 0 saturated heterocycles. The van der Waals surface area contributed by atoms with Crippen LogP contribution in [0.5, 0.6) is 5.75 Å². The fraction of sp³-hybridized carbons (Fsp3) is 0.0435. The van der Waals surface area contributed by atoms with Gasteiger partial charge >= 0.3 is 5.97 Å². The van der Waals surface area contributed by atoms with Gasteiger partial charge in [-0.25, -0.2) is 4.79 Å². The molecule has 27 heavy (non-hydrogen) atoms. The highest BCUT2D eigenvalue weighted by molar-refractivity contribution is 6.30. The van der Waals surface area contributed by atoms with E-state index in [0.29, 0.717) is 21.9 Å². The highest BCUT2D eigenvalue weighted by Crippen LogP contribution is 2.18. The van der Waals surface area contributed by atoms with E-state index >= 15 is 0 Å². The third-order valence-electron chi connectivity index (χ3n) is 3.99. The van der Waals surface area contributed by atoms with Crippen molar-refractivity contribution in [3.63, 3.8) is 0 Å². The lowest BCUT2D eigenvalue weighted by Crippen LogP contribution is -2.10. The summed E-state index contributed by atoms with van der Waals surface area (Å²) in [5, 5.41) is 0.582. The van der Waals surface area contributed by atoms with E-state index < -0.39 is 5.97 Å². The number of allylic oxidation sites excluding steroid dienone is 1. The first kappa shape index (κ1) is 18.6. The van der Waals surface area contributed by atoms with Crippen molar-refractivity contribution in [2.75, 3.05) is 0 Å². The van der Waals surface area contributed by atoms with Crippen LogP contribution in [0.2, 0.25) is 5.02 Å². The Hall–Kier alpha value is -3.17. The fourth-order valence-corrected chi connectivity index (χ4v) is 2.65. The van der Waals surface area contributed by atoms with Crippen molar-refractivity contribution < 1.29 is 14.3 Å². The zero-order chi connectivity index (χ0) is 19.2. The van der Waals surface area contributed by atoms with E-state index in [4.69, 9.17) is 16.3 Å². The van der Waals surface area contributed by atoms with E-state index in [1.165, 1.54) is 6.08 Å². The zero-order valence-corrected chi connectivity index (χ0v) is 15.4. The molecule has 0 N–H and O–H groups in total. The van der Waals surface area contributed by atoms with Gasteiger partial charge in [0.2, 0.25) is 0 Å². The standard InChI is InChI=1S/C23H17ClO3/c1-16-5-2-3-8-21(16)23(26)27-20-7-4-6-17(15-20)9-14-22(25)18-10-12-19(24)13-11-18/h2-15H,1H3. The Morgan fingerprint density at radius 2 is 1.67 bits per heavy atom. The van der Waals surface area contributed by atoms with Crippen LogP contribution in [-0.4, -0.2) is 11.8 Å². The van der Waals surface area contributed by atoms with Gasteiger partial charge in [0.05, 0.1) is 5.56 Å². The van der Waals surface area contributed by atoms with Gasteiger partial charge in [0, 0.05) is 10.6 Å². The number of ether oxygens (including phenoxy) is 1. The number of benzene rings is 3. The molecule has 0 saturated carbocycles. The largest absolute Gasteiger partial charge is 0.423 e. The maximum atomic E-state index is 12.3. The van der Waals surface area contributed by atoms with E-state index in [0.717, 1.165) is 11.1 Å². The van der Waals surface area contributed by atoms with E-state index in [1.54, 1.807) is 60.7 Å². The van der Waals surface area contributed by atoms with Gasteiger partial charge in [-0.15, -0.1) is 0 Å². The van der Waals surface area contributed by atoms with Crippen molar-refractivity contribution in [2.45, 2.75) is 6.92 Å². The van der Waals surface area contributed by atoms with Crippen molar-refractivity contribution in [1.82, 2.24) is 0 Å². The number of carbonyl (C=O) groups excluding carboxylic acids is 2. The minimum Gasteiger partial charge on any atom is -0.423 e. The van der Waals surface area contributed by atoms with Gasteiger partial charge in [-0.1, -0.05) is 48.0 Å². The molecule has 0 fully saturated rings. The Morgan fingerprint density at radius 3 is 2.41 bits per heavy atom. The summed E-state index contributed by atoms with van der Waals surface area (Å²) in [7, 11) is 0. The molecule has 4 heteroatoms. The van der Waals surface area contributed by atoms with Gasteiger partial charge < -0.3 is 4.74 Å². The lowest BCUT2D eigenvalue weighted by atomic mass is 10.1. The molecular formula is C23H17ClO3. The van der Waals surface area contributed by atoms with Gasteiger partial charge in [0.25, 0.3) is 0 Å². The summed E-state index contributed by atoms with van der Waals surface area (Å²) in [6.45, 7) is 1.86. The summed E-state index contributed by atoms with van der Waals surface area (Å²) in [5.41, 5.74) is 2.69. The molecule has 3 aromatic rings. The molecular weight excluding hydrogens is 360 g/mol. The smallest absolute Gasteiger partial charge is 0.343 e. The number of halogens is 1. The third-order valence-corrected chi connectivity index (χ3v) is 4.24. The number of rotatable bonds is 5. The number of ketones is 1. The molecule has 0 radical (unpaired) electrons. The van der Waals surface area contributed by atoms with Gasteiger partial charge in [-0.3, -0.25) is 4.79 Å². The summed E-state index contributed by atoms with van der Waals surface area (Å²) >= 11 is 5.83. The second-order valence-corrected chi connectivity index (χ2v) is 6.42. The lowest BCUT2D eigenvalue weighted by Gasteiger charge is -2.07. The summed E-state index contributed by atoms with van der Waals surface area (Å²) in [6, 6.07) is 21.0. The summed E-state index contributed by atoms with van der Waals surface area (Å²) < 4.78 is 5.45. The number of hydrogen-bond acceptors (Lipinski definition) is 3. The van der Waals surface area contributed by atoms with Crippen molar-refractivity contribution in [3.05, 3.63) is 106 Å². The van der Waals surface area contributed by atoms with Gasteiger partial charge in [-0.2, -0.15) is 0 Å². The second-order valence-electron chi connectivity index (χ2n) is 5.98. The molecule has 0 aromatic heterocycles. The van der Waals surface area contributed by atoms with E-state index in [2.05, 4.69) is 0 Å². The van der Waals surface area contributed by atoms with Crippen LogP contribution in [0, 0.1) is 6.92 Å². The highest BCUT2D eigenvalue weighted by atomic mass is 35.5. The molecule has 0 heterocycles. The van der Waals surface area contributed by atoms with Crippen LogP contribution in [-0.2, 0) is 0 Å². The van der Waals surface area contributed by atoms with Crippen molar-refractivity contribution >= 4 is 29.4 Å². The molecule has 0 bridgehead atoms. The quantitative estimate of drug-likeness (QED) is 0.246. The van der Waals surface area contributed by atoms with Crippen LogP contribution in [0.1, 0.15) is 31.8 Å². The van der Waals surface area contributed by atoms with E-state index in [1.807, 2.05) is 25.1 Å². The van der Waals surface area contributed by atoms with Crippen LogP contribution >= 0.6 is 11.6 Å². The number of hydrogen-bond donors (Lipinski definition) is 0. The summed E-state index contributed by atoms with van der Waals surface area (Å²) in [5.74, 6) is -0.121. The molecule has 3 aromatic carbocycles. The third kappa shape index (κ3) is 4.93. The van der Waals surface area contributed by atoms with Crippen molar-refractivity contribution in [1.29, 1.82) is 0 Å². The normalized spacial score (nSPS) is 10.7. The molecule has 0 atom stereocenters. The molecule has 3 nitrogen and oxygen atoms in total. The van der Waals surface area contributed by atoms with Gasteiger partial charge in [0.15, 0.2) is 5.78 Å². The SMILES string of the molecule is Cc1ccccc1C(=O)Oc1cccc(C=CC(=O)c2ccc(Cl)cc2)c1. The molecule has 134 valence electrons. The minimum absolute atomic E-state index is 0.131. The van der Waals surface area contributed by atoms with E-state index in [9.17, 15) is 9.59 Å². The van der Waals surface area contributed by atoms with Crippen LogP contribution in [0.3, 0.4) is 0 Å². The maximum Gasteiger partial charge on any atom is 0.343 e. The predicted octanol–water partition coefficient (Wildman–Crippen LogP) is 5.76. The van der Waals surface area contributed by atoms with Crippen molar-refractivity contribution in [3.8, 4) is 5.75 Å². The number of esters is 1. The molecule has 0 amide bonds. The van der Waals surface area contributed by atoms with Gasteiger partial charge in [0.1, 0.15) is 5.75 Å². The molecule has 0 unspecified atom stereocenters. The summed E-state index contributed by atoms with van der Waals surface area (Å²) in [6.07, 6.45) is 3.16. The number of carbonyl (C=O) groups is 2. The zero-order valence-electron chi connectivity index (χ0n) is 14.7. The fourth-order valence-electron chi connectivity index (χ4n) is 2.53. The second kappa shape index (κ2) is 8.47. The minimum atomic E-state index is -0.411. The maximum absolute atomic E-state index is 12.3. The van der Waals surface area contributed by atoms with Crippen LogP contribution < -0.4 is 4.74 Å². The monoisotopic (exact) mass is 376 g/mol. The molecule has 0 aliphatic rings. The molecule has 0 aliphatic heterocycles. The lowest BCUT2D eigenvalue weighted by molar-refractivity contribution is 0.0733. The highest BCUT2D eigenvalue weighted by Gasteiger charge is 2.11. The van der Waals surface area contributed by atoms with Crippen molar-refractivity contribution in [2.24, 2.45) is 0 Å².